The van der Waals surface area contributed by atoms with Gasteiger partial charge in [0.1, 0.15) is 0 Å². The third-order valence-corrected chi connectivity index (χ3v) is 3.01. The fourth-order valence-electron chi connectivity index (χ4n) is 1.25. The van der Waals surface area contributed by atoms with Crippen LogP contribution in [0.2, 0.25) is 0 Å². The van der Waals surface area contributed by atoms with E-state index in [0.29, 0.717) is 12.6 Å². The van der Waals surface area contributed by atoms with Crippen LogP contribution in [0.15, 0.2) is 0 Å². The molecule has 0 aliphatic rings. The van der Waals surface area contributed by atoms with Crippen LogP contribution in [-0.4, -0.2) is 30.8 Å². The van der Waals surface area contributed by atoms with Gasteiger partial charge >= 0.3 is 0 Å². The lowest BCUT2D eigenvalue weighted by Gasteiger charge is -2.31. The van der Waals surface area contributed by atoms with E-state index >= 15 is 0 Å². The summed E-state index contributed by atoms with van der Waals surface area (Å²) in [5.74, 6) is 0. The van der Waals surface area contributed by atoms with Crippen molar-refractivity contribution in [3.63, 3.8) is 0 Å². The summed E-state index contributed by atoms with van der Waals surface area (Å²) in [7, 11) is 0. The van der Waals surface area contributed by atoms with Gasteiger partial charge in [-0.1, -0.05) is 13.8 Å². The number of rotatable bonds is 7. The molecule has 0 spiro atoms. The molecule has 0 fully saturated rings. The van der Waals surface area contributed by atoms with Gasteiger partial charge in [-0.3, -0.25) is 0 Å². The van der Waals surface area contributed by atoms with E-state index in [1.54, 1.807) is 0 Å². The summed E-state index contributed by atoms with van der Waals surface area (Å²) in [6, 6.07) is 0.337. The van der Waals surface area contributed by atoms with Crippen LogP contribution >= 0.6 is 0 Å². The van der Waals surface area contributed by atoms with Crippen molar-refractivity contribution >= 4 is 0 Å². The molecule has 0 aromatic carbocycles. The molecule has 0 bridgehead atoms. The molecular formula is C10H24N2O. The lowest BCUT2D eigenvalue weighted by molar-refractivity contribution is 0.110. The normalized spacial score (nSPS) is 14.5. The average Bonchev–Trinajstić information content (AvgIpc) is 2.20. The predicted octanol–water partition coefficient (Wildman–Crippen LogP) is 0.722. The highest BCUT2D eigenvalue weighted by Gasteiger charge is 2.24. The third-order valence-electron chi connectivity index (χ3n) is 3.01. The zero-order chi connectivity index (χ0) is 10.3. The molecule has 3 heteroatoms. The van der Waals surface area contributed by atoms with Crippen LogP contribution in [0.5, 0.6) is 0 Å². The second-order valence-corrected chi connectivity index (χ2v) is 3.88. The fraction of sp³-hybridized carbons (Fsp3) is 1.00. The number of hydrogen-bond acceptors (Lipinski definition) is 3. The molecular weight excluding hydrogens is 164 g/mol. The van der Waals surface area contributed by atoms with E-state index in [0.717, 1.165) is 19.4 Å². The Bertz CT molecular complexity index is 116. The highest BCUT2D eigenvalue weighted by atomic mass is 16.3. The van der Waals surface area contributed by atoms with Gasteiger partial charge in [-0.05, 0) is 19.8 Å². The highest BCUT2D eigenvalue weighted by Crippen LogP contribution is 2.24. The predicted molar refractivity (Wildman–Crippen MR) is 56.6 cm³/mol. The van der Waals surface area contributed by atoms with Gasteiger partial charge in [0.05, 0.1) is 0 Å². The summed E-state index contributed by atoms with van der Waals surface area (Å²) in [4.78, 5) is 0. The molecule has 0 saturated carbocycles. The number of aliphatic hydroxyl groups is 1. The van der Waals surface area contributed by atoms with Gasteiger partial charge in [-0.25, -0.2) is 0 Å². The zero-order valence-electron chi connectivity index (χ0n) is 9.14. The van der Waals surface area contributed by atoms with Gasteiger partial charge in [0.2, 0.25) is 0 Å². The second kappa shape index (κ2) is 6.35. The molecule has 0 heterocycles. The van der Waals surface area contributed by atoms with E-state index in [-0.39, 0.29) is 12.0 Å². The Kier molecular flexibility index (Phi) is 6.29. The third kappa shape index (κ3) is 4.07. The molecule has 0 amide bonds. The number of nitrogens with two attached hydrogens (primary N) is 1. The van der Waals surface area contributed by atoms with Gasteiger partial charge < -0.3 is 16.2 Å². The monoisotopic (exact) mass is 188 g/mol. The largest absolute Gasteiger partial charge is 0.396 e. The maximum atomic E-state index is 9.29. The molecule has 13 heavy (non-hydrogen) atoms. The van der Waals surface area contributed by atoms with Crippen LogP contribution in [0.3, 0.4) is 0 Å². The first kappa shape index (κ1) is 12.9. The minimum atomic E-state index is 0.0451. The van der Waals surface area contributed by atoms with Crippen molar-refractivity contribution in [1.82, 2.24) is 5.32 Å². The van der Waals surface area contributed by atoms with Gasteiger partial charge in [-0.2, -0.15) is 0 Å². The fourth-order valence-corrected chi connectivity index (χ4v) is 1.25. The van der Waals surface area contributed by atoms with E-state index in [4.69, 9.17) is 5.73 Å². The topological polar surface area (TPSA) is 58.3 Å². The summed E-state index contributed by atoms with van der Waals surface area (Å²) in [6.45, 7) is 8.06. The van der Waals surface area contributed by atoms with Gasteiger partial charge in [-0.15, -0.1) is 0 Å². The van der Waals surface area contributed by atoms with Crippen molar-refractivity contribution < 1.29 is 5.11 Å². The molecule has 0 saturated heterocycles. The standard InChI is InChI=1S/C10H24N2O/c1-4-10(5-2,8-13)7-12-9(3)6-11/h9,12-13H,4-8,11H2,1-3H3. The molecule has 80 valence electrons. The van der Waals surface area contributed by atoms with Crippen molar-refractivity contribution in [3.8, 4) is 0 Å². The van der Waals surface area contributed by atoms with Crippen LogP contribution in [0.4, 0.5) is 0 Å². The number of aliphatic hydroxyl groups excluding tert-OH is 1. The molecule has 0 rings (SSSR count). The summed E-state index contributed by atoms with van der Waals surface area (Å²) in [6.07, 6.45) is 2.01. The van der Waals surface area contributed by atoms with Crippen LogP contribution < -0.4 is 11.1 Å². The van der Waals surface area contributed by atoms with Crippen molar-refractivity contribution in [2.24, 2.45) is 11.1 Å². The van der Waals surface area contributed by atoms with Crippen molar-refractivity contribution in [1.29, 1.82) is 0 Å². The molecule has 1 atom stereocenters. The lowest BCUT2D eigenvalue weighted by atomic mass is 9.83. The molecule has 0 aromatic heterocycles. The van der Waals surface area contributed by atoms with Gasteiger partial charge in [0, 0.05) is 31.2 Å². The van der Waals surface area contributed by atoms with Gasteiger partial charge in [0.25, 0.3) is 0 Å². The first-order chi connectivity index (χ1) is 6.14. The quantitative estimate of drug-likeness (QED) is 0.552. The highest BCUT2D eigenvalue weighted by molar-refractivity contribution is 4.79. The van der Waals surface area contributed by atoms with Crippen LogP contribution in [0, 0.1) is 5.41 Å². The number of nitrogens with one attached hydrogen (secondary N) is 1. The van der Waals surface area contributed by atoms with Gasteiger partial charge in [0.15, 0.2) is 0 Å². The van der Waals surface area contributed by atoms with Crippen LogP contribution in [-0.2, 0) is 0 Å². The SMILES string of the molecule is CCC(CC)(CO)CNC(C)CN. The van der Waals surface area contributed by atoms with Crippen molar-refractivity contribution in [2.75, 3.05) is 19.7 Å². The minimum absolute atomic E-state index is 0.0451. The zero-order valence-corrected chi connectivity index (χ0v) is 9.14. The molecule has 4 N–H and O–H groups in total. The van der Waals surface area contributed by atoms with E-state index in [9.17, 15) is 5.11 Å². The van der Waals surface area contributed by atoms with E-state index in [1.807, 2.05) is 0 Å². The van der Waals surface area contributed by atoms with Crippen LogP contribution in [0.25, 0.3) is 0 Å². The maximum absolute atomic E-state index is 9.29. The molecule has 0 aliphatic carbocycles. The Balaban J connectivity index is 3.95. The van der Waals surface area contributed by atoms with E-state index in [2.05, 4.69) is 26.1 Å². The summed E-state index contributed by atoms with van der Waals surface area (Å²) in [5.41, 5.74) is 5.55. The summed E-state index contributed by atoms with van der Waals surface area (Å²) < 4.78 is 0. The lowest BCUT2D eigenvalue weighted by Crippen LogP contribution is -2.43. The maximum Gasteiger partial charge on any atom is 0.0499 e. The van der Waals surface area contributed by atoms with Crippen molar-refractivity contribution in [2.45, 2.75) is 39.7 Å². The first-order valence-corrected chi connectivity index (χ1v) is 5.18. The molecule has 0 aromatic rings. The van der Waals surface area contributed by atoms with E-state index < -0.39 is 0 Å². The average molecular weight is 188 g/mol. The van der Waals surface area contributed by atoms with Crippen molar-refractivity contribution in [3.05, 3.63) is 0 Å². The minimum Gasteiger partial charge on any atom is -0.396 e. The number of hydrogen-bond donors (Lipinski definition) is 3. The van der Waals surface area contributed by atoms with E-state index in [1.165, 1.54) is 0 Å². The first-order valence-electron chi connectivity index (χ1n) is 5.18. The molecule has 1 unspecified atom stereocenters. The Morgan fingerprint density at radius 1 is 1.38 bits per heavy atom. The Morgan fingerprint density at radius 2 is 1.92 bits per heavy atom. The molecule has 0 aliphatic heterocycles. The Morgan fingerprint density at radius 3 is 2.23 bits per heavy atom. The summed E-state index contributed by atoms with van der Waals surface area (Å²) in [5, 5.41) is 12.6. The second-order valence-electron chi connectivity index (χ2n) is 3.88. The molecule has 0 radical (unpaired) electrons. The smallest absolute Gasteiger partial charge is 0.0499 e. The Hall–Kier alpha value is -0.120. The van der Waals surface area contributed by atoms with Crippen LogP contribution in [0.1, 0.15) is 33.6 Å². The summed E-state index contributed by atoms with van der Waals surface area (Å²) >= 11 is 0. The Labute approximate surface area is 81.7 Å². The molecule has 3 nitrogen and oxygen atoms in total.